The molecule has 0 radical (unpaired) electrons. The molecule has 0 aliphatic carbocycles. The zero-order valence-corrected chi connectivity index (χ0v) is 17.2. The minimum absolute atomic E-state index is 0. The smallest absolute Gasteiger partial charge is 0.224 e. The van der Waals surface area contributed by atoms with Crippen LogP contribution in [-0.4, -0.2) is 65.5 Å². The van der Waals surface area contributed by atoms with Crippen LogP contribution in [0.5, 0.6) is 0 Å². The van der Waals surface area contributed by atoms with Crippen molar-refractivity contribution < 1.29 is 4.79 Å². The van der Waals surface area contributed by atoms with Crippen molar-refractivity contribution >= 4 is 42.5 Å². The summed E-state index contributed by atoms with van der Waals surface area (Å²) >= 11 is 1.95. The van der Waals surface area contributed by atoms with Crippen LogP contribution in [0.15, 0.2) is 30.3 Å². The van der Waals surface area contributed by atoms with Crippen LogP contribution in [0, 0.1) is 0 Å². The second-order valence-corrected chi connectivity index (χ2v) is 7.74. The molecule has 1 amide bonds. The molecule has 2 atom stereocenters. The molecule has 1 aromatic rings. The van der Waals surface area contributed by atoms with E-state index in [1.54, 1.807) is 0 Å². The minimum Gasteiger partial charge on any atom is -0.337 e. The molecule has 2 aliphatic rings. The van der Waals surface area contributed by atoms with Crippen LogP contribution in [0.1, 0.15) is 18.9 Å². The first kappa shape index (κ1) is 22.6. The van der Waals surface area contributed by atoms with Crippen LogP contribution in [0.3, 0.4) is 0 Å². The number of carbonyl (C=O) groups is 1. The van der Waals surface area contributed by atoms with Gasteiger partial charge in [0.2, 0.25) is 5.91 Å². The van der Waals surface area contributed by atoms with Crippen LogP contribution in [0.2, 0.25) is 0 Å². The molecule has 2 aliphatic heterocycles. The molecule has 2 saturated heterocycles. The molecule has 0 bridgehead atoms. The largest absolute Gasteiger partial charge is 0.337 e. The predicted molar refractivity (Wildman–Crippen MR) is 111 cm³/mol. The number of nitrogens with zero attached hydrogens (tertiary/aromatic N) is 2. The highest BCUT2D eigenvalue weighted by Crippen LogP contribution is 2.17. The van der Waals surface area contributed by atoms with Crippen molar-refractivity contribution in [1.82, 2.24) is 15.1 Å². The molecule has 0 aromatic heterocycles. The number of halogens is 2. The Hall–Kier alpha value is -0.460. The van der Waals surface area contributed by atoms with Crippen LogP contribution < -0.4 is 5.32 Å². The molecule has 7 heteroatoms. The Morgan fingerprint density at radius 1 is 1.24 bits per heavy atom. The van der Waals surface area contributed by atoms with Gasteiger partial charge in [-0.2, -0.15) is 11.8 Å². The Labute approximate surface area is 167 Å². The normalized spacial score (nSPS) is 24.1. The summed E-state index contributed by atoms with van der Waals surface area (Å²) in [6.45, 7) is 6.98. The molecule has 0 spiro atoms. The molecule has 25 heavy (non-hydrogen) atoms. The third kappa shape index (κ3) is 6.65. The van der Waals surface area contributed by atoms with Crippen LogP contribution in [0.25, 0.3) is 0 Å². The summed E-state index contributed by atoms with van der Waals surface area (Å²) in [6, 6.07) is 11.2. The number of hydrogen-bond acceptors (Lipinski definition) is 4. The Morgan fingerprint density at radius 2 is 2.00 bits per heavy atom. The van der Waals surface area contributed by atoms with E-state index in [1.807, 2.05) is 11.8 Å². The van der Waals surface area contributed by atoms with Gasteiger partial charge in [-0.3, -0.25) is 9.69 Å². The van der Waals surface area contributed by atoms with E-state index in [4.69, 9.17) is 0 Å². The van der Waals surface area contributed by atoms with Crippen molar-refractivity contribution in [2.24, 2.45) is 0 Å². The van der Waals surface area contributed by atoms with Crippen LogP contribution in [-0.2, 0) is 11.3 Å². The number of nitrogens with one attached hydrogen (secondary N) is 1. The van der Waals surface area contributed by atoms with Gasteiger partial charge in [0.25, 0.3) is 0 Å². The molecular formula is C18H29Cl2N3OS. The fourth-order valence-electron chi connectivity index (χ4n) is 3.47. The number of rotatable bonds is 4. The quantitative estimate of drug-likeness (QED) is 0.834. The lowest BCUT2D eigenvalue weighted by Crippen LogP contribution is -2.54. The molecule has 2 unspecified atom stereocenters. The lowest BCUT2D eigenvalue weighted by Gasteiger charge is -2.40. The number of piperazine rings is 1. The van der Waals surface area contributed by atoms with E-state index in [1.165, 1.54) is 11.3 Å². The van der Waals surface area contributed by atoms with Crippen molar-refractivity contribution in [2.45, 2.75) is 32.0 Å². The summed E-state index contributed by atoms with van der Waals surface area (Å²) in [5.41, 5.74) is 1.35. The van der Waals surface area contributed by atoms with E-state index in [9.17, 15) is 4.79 Å². The van der Waals surface area contributed by atoms with E-state index in [0.29, 0.717) is 24.4 Å². The van der Waals surface area contributed by atoms with Gasteiger partial charge < -0.3 is 10.2 Å². The van der Waals surface area contributed by atoms with Gasteiger partial charge in [0.05, 0.1) is 0 Å². The first-order valence-electron chi connectivity index (χ1n) is 8.59. The van der Waals surface area contributed by atoms with Gasteiger partial charge in [-0.05, 0) is 12.5 Å². The van der Waals surface area contributed by atoms with E-state index in [2.05, 4.69) is 52.4 Å². The molecule has 4 nitrogen and oxygen atoms in total. The summed E-state index contributed by atoms with van der Waals surface area (Å²) < 4.78 is 0. The second-order valence-electron chi connectivity index (χ2n) is 6.59. The van der Waals surface area contributed by atoms with E-state index in [-0.39, 0.29) is 24.8 Å². The van der Waals surface area contributed by atoms with Crippen LogP contribution in [0.4, 0.5) is 0 Å². The van der Waals surface area contributed by atoms with Crippen molar-refractivity contribution in [1.29, 1.82) is 0 Å². The maximum Gasteiger partial charge on any atom is 0.224 e. The van der Waals surface area contributed by atoms with E-state index in [0.717, 1.165) is 38.5 Å². The van der Waals surface area contributed by atoms with Crippen molar-refractivity contribution in [3.63, 3.8) is 0 Å². The van der Waals surface area contributed by atoms with E-state index < -0.39 is 0 Å². The van der Waals surface area contributed by atoms with Gasteiger partial charge in [-0.25, -0.2) is 0 Å². The van der Waals surface area contributed by atoms with Crippen molar-refractivity contribution in [3.8, 4) is 0 Å². The Balaban J connectivity index is 0.00000156. The highest BCUT2D eigenvalue weighted by molar-refractivity contribution is 7.99. The number of benzene rings is 1. The maximum absolute atomic E-state index is 12.6. The third-order valence-electron chi connectivity index (χ3n) is 4.70. The highest BCUT2D eigenvalue weighted by atomic mass is 35.5. The first-order valence-corrected chi connectivity index (χ1v) is 9.75. The first-order chi connectivity index (χ1) is 11.2. The third-order valence-corrected chi connectivity index (χ3v) is 5.83. The number of hydrogen-bond donors (Lipinski definition) is 1. The second kappa shape index (κ2) is 11.3. The lowest BCUT2D eigenvalue weighted by molar-refractivity contribution is -0.136. The lowest BCUT2D eigenvalue weighted by atomic mass is 10.1. The van der Waals surface area contributed by atoms with Gasteiger partial charge in [0.15, 0.2) is 0 Å². The zero-order valence-electron chi connectivity index (χ0n) is 14.7. The fourth-order valence-corrected chi connectivity index (χ4v) is 4.42. The van der Waals surface area contributed by atoms with Crippen molar-refractivity contribution in [3.05, 3.63) is 35.9 Å². The monoisotopic (exact) mass is 405 g/mol. The Bertz CT molecular complexity index is 514. The number of amides is 1. The molecule has 142 valence electrons. The zero-order chi connectivity index (χ0) is 16.1. The molecule has 3 rings (SSSR count). The molecule has 1 aromatic carbocycles. The minimum atomic E-state index is 0. The predicted octanol–water partition coefficient (Wildman–Crippen LogP) is 2.66. The number of thioether (sulfide) groups is 1. The molecule has 2 fully saturated rings. The molecule has 1 N–H and O–H groups in total. The van der Waals surface area contributed by atoms with E-state index >= 15 is 0 Å². The fraction of sp³-hybridized carbons (Fsp3) is 0.611. The average Bonchev–Trinajstić information content (AvgIpc) is 2.57. The van der Waals surface area contributed by atoms with Gasteiger partial charge in [-0.1, -0.05) is 30.3 Å². The summed E-state index contributed by atoms with van der Waals surface area (Å²) in [7, 11) is 0. The summed E-state index contributed by atoms with van der Waals surface area (Å²) in [6.07, 6.45) is 0.649. The van der Waals surface area contributed by atoms with Gasteiger partial charge in [0, 0.05) is 62.7 Å². The SMILES string of the molecule is CC1CN(Cc2ccccc2)CCN1C(=O)CC1CSCCN1.Cl.Cl. The maximum atomic E-state index is 12.6. The topological polar surface area (TPSA) is 35.6 Å². The standard InChI is InChI=1S/C18H27N3OS.2ClH/c1-15-12-20(13-16-5-3-2-4-6-16)8-9-21(15)18(22)11-17-14-23-10-7-19-17;;/h2-6,15,17,19H,7-14H2,1H3;2*1H. The summed E-state index contributed by atoms with van der Waals surface area (Å²) in [4.78, 5) is 17.1. The van der Waals surface area contributed by atoms with Crippen molar-refractivity contribution in [2.75, 3.05) is 37.7 Å². The Morgan fingerprint density at radius 3 is 2.64 bits per heavy atom. The average molecular weight is 406 g/mol. The molecule has 0 saturated carbocycles. The molecular weight excluding hydrogens is 377 g/mol. The number of carbonyl (C=O) groups excluding carboxylic acids is 1. The summed E-state index contributed by atoms with van der Waals surface area (Å²) in [5, 5.41) is 3.47. The highest BCUT2D eigenvalue weighted by Gasteiger charge is 2.29. The van der Waals surface area contributed by atoms with Gasteiger partial charge in [0.1, 0.15) is 0 Å². The van der Waals surface area contributed by atoms with Gasteiger partial charge in [-0.15, -0.1) is 24.8 Å². The Kier molecular flexibility index (Phi) is 10.2. The molecule has 2 heterocycles. The van der Waals surface area contributed by atoms with Gasteiger partial charge >= 0.3 is 0 Å². The van der Waals surface area contributed by atoms with Crippen LogP contribution >= 0.6 is 36.6 Å². The summed E-state index contributed by atoms with van der Waals surface area (Å²) in [5.74, 6) is 2.55.